The molecule has 0 saturated heterocycles. The first-order valence-corrected chi connectivity index (χ1v) is 5.62. The molecule has 0 aromatic carbocycles. The van der Waals surface area contributed by atoms with Crippen LogP contribution < -0.4 is 0 Å². The van der Waals surface area contributed by atoms with Gasteiger partial charge in [0.15, 0.2) is 12.4 Å². The molecule has 21 heavy (non-hydrogen) atoms. The summed E-state index contributed by atoms with van der Waals surface area (Å²) < 4.78 is 0. The lowest BCUT2D eigenvalue weighted by Crippen LogP contribution is -2.43. The van der Waals surface area contributed by atoms with Crippen LogP contribution in [0.1, 0.15) is 0 Å². The second-order valence-electron chi connectivity index (χ2n) is 3.89. The van der Waals surface area contributed by atoms with Crippen LogP contribution in [0.15, 0.2) is 0 Å². The molecule has 0 rings (SSSR count). The van der Waals surface area contributed by atoms with Crippen LogP contribution in [0, 0.1) is 0 Å². The highest BCUT2D eigenvalue weighted by Gasteiger charge is 2.29. The van der Waals surface area contributed by atoms with E-state index in [9.17, 15) is 9.59 Å². The van der Waals surface area contributed by atoms with Crippen LogP contribution in [0.4, 0.5) is 0 Å². The van der Waals surface area contributed by atoms with Crippen molar-refractivity contribution in [1.82, 2.24) is 0 Å². The summed E-state index contributed by atoms with van der Waals surface area (Å²) in [5.74, 6) is -1.65. The van der Waals surface area contributed by atoms with E-state index in [-0.39, 0.29) is 6.29 Å². The summed E-state index contributed by atoms with van der Waals surface area (Å²) in [6.07, 6.45) is -10.2. The predicted octanol–water partition coefficient (Wildman–Crippen LogP) is -5.59. The summed E-state index contributed by atoms with van der Waals surface area (Å²) in [5, 5.41) is 76.3. The predicted molar refractivity (Wildman–Crippen MR) is 63.9 cm³/mol. The molecule has 0 aliphatic carbocycles. The van der Waals surface area contributed by atoms with Gasteiger partial charge >= 0.3 is 5.97 Å². The number of hydrogen-bond donors (Lipinski definition) is 9. The summed E-state index contributed by atoms with van der Waals surface area (Å²) in [6, 6.07) is 0. The fraction of sp³-hybridized carbons (Fsp3) is 0.800. The molecule has 0 radical (unpaired) electrons. The summed E-state index contributed by atoms with van der Waals surface area (Å²) in [4.78, 5) is 19.7. The van der Waals surface area contributed by atoms with Crippen LogP contribution in [0.5, 0.6) is 0 Å². The van der Waals surface area contributed by atoms with Gasteiger partial charge in [-0.05, 0) is 0 Å². The lowest BCUT2D eigenvalue weighted by Gasteiger charge is -2.17. The zero-order valence-electron chi connectivity index (χ0n) is 10.8. The largest absolute Gasteiger partial charge is 0.479 e. The van der Waals surface area contributed by atoms with Crippen LogP contribution in [0.2, 0.25) is 0 Å². The van der Waals surface area contributed by atoms with Crippen molar-refractivity contribution in [2.24, 2.45) is 0 Å². The summed E-state index contributed by atoms with van der Waals surface area (Å²) in [7, 11) is 0. The van der Waals surface area contributed by atoms with Crippen molar-refractivity contribution in [3.8, 4) is 0 Å². The van der Waals surface area contributed by atoms with Crippen molar-refractivity contribution < 1.29 is 55.5 Å². The molecule has 0 saturated carbocycles. The Morgan fingerprint density at radius 3 is 1.52 bits per heavy atom. The van der Waals surface area contributed by atoms with Crippen molar-refractivity contribution in [3.05, 3.63) is 0 Å². The van der Waals surface area contributed by atoms with Gasteiger partial charge in [-0.25, -0.2) is 4.79 Å². The maximum Gasteiger partial charge on any atom is 0.335 e. The molecular formula is C10H20O11. The van der Waals surface area contributed by atoms with Crippen LogP contribution >= 0.6 is 0 Å². The van der Waals surface area contributed by atoms with E-state index in [1.807, 2.05) is 0 Å². The zero-order chi connectivity index (χ0) is 17.2. The van der Waals surface area contributed by atoms with Crippen LogP contribution in [0.3, 0.4) is 0 Å². The molecule has 11 heteroatoms. The van der Waals surface area contributed by atoms with E-state index in [0.717, 1.165) is 0 Å². The minimum Gasteiger partial charge on any atom is -0.479 e. The van der Waals surface area contributed by atoms with Gasteiger partial charge in [-0.3, -0.25) is 0 Å². The van der Waals surface area contributed by atoms with Crippen LogP contribution in [-0.4, -0.2) is 108 Å². The van der Waals surface area contributed by atoms with Crippen LogP contribution in [-0.2, 0) is 9.59 Å². The van der Waals surface area contributed by atoms with E-state index >= 15 is 0 Å². The molecule has 9 N–H and O–H groups in total. The molecule has 0 aliphatic rings. The Balaban J connectivity index is 0. The fourth-order valence-corrected chi connectivity index (χ4v) is 0.881. The summed E-state index contributed by atoms with van der Waals surface area (Å²) in [6.45, 7) is -1.49. The average molecular weight is 316 g/mol. The number of carbonyl (C=O) groups excluding carboxylic acids is 1. The Kier molecular flexibility index (Phi) is 12.1. The van der Waals surface area contributed by atoms with Crippen LogP contribution in [0.25, 0.3) is 0 Å². The van der Waals surface area contributed by atoms with Gasteiger partial charge in [0.05, 0.1) is 13.2 Å². The normalized spacial score (nSPS) is 19.2. The number of hydrogen-bond acceptors (Lipinski definition) is 10. The second kappa shape index (κ2) is 11.5. The molecule has 0 spiro atoms. The second-order valence-corrected chi connectivity index (χ2v) is 3.89. The molecule has 0 aliphatic heterocycles. The van der Waals surface area contributed by atoms with E-state index in [0.29, 0.717) is 0 Å². The number of carbonyl (C=O) groups is 2. The number of aldehydes is 1. The van der Waals surface area contributed by atoms with Gasteiger partial charge in [0, 0.05) is 0 Å². The molecule has 0 heterocycles. The summed E-state index contributed by atoms with van der Waals surface area (Å²) in [5.41, 5.74) is 0. The minimum absolute atomic E-state index is 0.0869. The molecule has 0 aromatic rings. The minimum atomic E-state index is -2.07. The third-order valence-electron chi connectivity index (χ3n) is 2.23. The van der Waals surface area contributed by atoms with Gasteiger partial charge in [-0.2, -0.15) is 0 Å². The third-order valence-corrected chi connectivity index (χ3v) is 2.23. The zero-order valence-corrected chi connectivity index (χ0v) is 10.8. The topological polar surface area (TPSA) is 216 Å². The van der Waals surface area contributed by atoms with Crippen molar-refractivity contribution in [1.29, 1.82) is 0 Å². The number of aliphatic carboxylic acids is 1. The highest BCUT2D eigenvalue weighted by molar-refractivity contribution is 5.72. The van der Waals surface area contributed by atoms with Crippen molar-refractivity contribution in [2.75, 3.05) is 13.2 Å². The first-order chi connectivity index (χ1) is 9.63. The van der Waals surface area contributed by atoms with Gasteiger partial charge in [0.2, 0.25) is 0 Å². The van der Waals surface area contributed by atoms with Crippen molar-refractivity contribution >= 4 is 12.3 Å². The number of carboxylic acid groups (broad SMARTS) is 1. The first-order valence-electron chi connectivity index (χ1n) is 5.62. The SMILES string of the molecule is O=C(O)[C@@H](O)[C@H](O)[C@@H](O)CO.O=C[C@@H](O)[C@H](O)[C@@H](O)CO. The Labute approximate surface area is 119 Å². The maximum absolute atomic E-state index is 9.96. The standard InChI is InChI=1S/C5H10O6.C5H10O5/c6-1-2(7)3(8)4(9)5(10)11;6-1-3(8)5(10)4(9)2-7/h2-4,6-9H,1H2,(H,10,11);1,3-5,7-10H,2H2/t2-,3+,4-;3-,4+,5+/m01/s1. The highest BCUT2D eigenvalue weighted by Crippen LogP contribution is 1.99. The Morgan fingerprint density at radius 2 is 1.24 bits per heavy atom. The maximum atomic E-state index is 9.96. The first kappa shape index (κ1) is 22.1. The van der Waals surface area contributed by atoms with E-state index in [1.54, 1.807) is 0 Å². The molecular weight excluding hydrogens is 296 g/mol. The fourth-order valence-electron chi connectivity index (χ4n) is 0.881. The molecule has 0 unspecified atom stereocenters. The van der Waals surface area contributed by atoms with E-state index in [4.69, 9.17) is 46.0 Å². The average Bonchev–Trinajstić information content (AvgIpc) is 2.50. The lowest BCUT2D eigenvalue weighted by atomic mass is 10.1. The third kappa shape index (κ3) is 8.64. The van der Waals surface area contributed by atoms with Crippen molar-refractivity contribution in [2.45, 2.75) is 36.6 Å². The molecule has 0 bridgehead atoms. The molecule has 0 fully saturated rings. The molecule has 126 valence electrons. The van der Waals surface area contributed by atoms with Gasteiger partial charge in [-0.15, -0.1) is 0 Å². The number of carboxylic acids is 1. The lowest BCUT2D eigenvalue weighted by molar-refractivity contribution is -0.159. The number of aliphatic hydroxyl groups excluding tert-OH is 8. The molecule has 6 atom stereocenters. The van der Waals surface area contributed by atoms with Gasteiger partial charge in [0.25, 0.3) is 0 Å². The number of rotatable bonds is 8. The highest BCUT2D eigenvalue weighted by atomic mass is 16.4. The quantitative estimate of drug-likeness (QED) is 0.192. The van der Waals surface area contributed by atoms with E-state index in [2.05, 4.69) is 0 Å². The molecule has 11 nitrogen and oxygen atoms in total. The Morgan fingerprint density at radius 1 is 0.857 bits per heavy atom. The Bertz CT molecular complexity index is 297. The van der Waals surface area contributed by atoms with Gasteiger partial charge in [0.1, 0.15) is 30.5 Å². The van der Waals surface area contributed by atoms with Crippen molar-refractivity contribution in [3.63, 3.8) is 0 Å². The number of aliphatic hydroxyl groups is 8. The summed E-state index contributed by atoms with van der Waals surface area (Å²) >= 11 is 0. The van der Waals surface area contributed by atoms with Gasteiger partial charge < -0.3 is 50.8 Å². The Hall–Kier alpha value is -1.18. The molecule has 0 aromatic heterocycles. The van der Waals surface area contributed by atoms with Gasteiger partial charge in [-0.1, -0.05) is 0 Å². The molecule has 0 amide bonds. The van der Waals surface area contributed by atoms with E-state index in [1.165, 1.54) is 0 Å². The smallest absolute Gasteiger partial charge is 0.335 e. The van der Waals surface area contributed by atoms with E-state index < -0.39 is 55.8 Å². The monoisotopic (exact) mass is 316 g/mol.